The smallest absolute Gasteiger partial charge is 0.225 e. The number of hydrogen-bond donors (Lipinski definition) is 1. The fraction of sp³-hybridized carbons (Fsp3) is 0.412. The molecule has 0 bridgehead atoms. The third kappa shape index (κ3) is 2.88. The number of nitrogens with zero attached hydrogens (tertiary/aromatic N) is 2. The molecule has 1 aromatic carbocycles. The summed E-state index contributed by atoms with van der Waals surface area (Å²) in [5.41, 5.74) is 3.25. The maximum absolute atomic E-state index is 11.8. The van der Waals surface area contributed by atoms with Gasteiger partial charge in [-0.05, 0) is 30.5 Å². The van der Waals surface area contributed by atoms with Crippen LogP contribution in [0.2, 0.25) is 0 Å². The summed E-state index contributed by atoms with van der Waals surface area (Å²) in [7, 11) is 3.26. The normalized spacial score (nSPS) is 12.3. The van der Waals surface area contributed by atoms with Gasteiger partial charge >= 0.3 is 0 Å². The lowest BCUT2D eigenvalue weighted by Crippen LogP contribution is -2.13. The van der Waals surface area contributed by atoms with Gasteiger partial charge in [0.1, 0.15) is 0 Å². The zero-order chi connectivity index (χ0) is 16.4. The average molecular weight is 315 g/mol. The van der Waals surface area contributed by atoms with Crippen molar-refractivity contribution in [1.29, 1.82) is 0 Å². The second-order valence-electron chi connectivity index (χ2n) is 5.55. The van der Waals surface area contributed by atoms with Gasteiger partial charge in [0, 0.05) is 24.6 Å². The number of hydrogen-bond acceptors (Lipinski definition) is 4. The number of aromatic nitrogens is 2. The summed E-state index contributed by atoms with van der Waals surface area (Å²) >= 11 is 0. The minimum Gasteiger partial charge on any atom is -0.493 e. The topological polar surface area (TPSA) is 65.4 Å². The van der Waals surface area contributed by atoms with E-state index in [1.165, 1.54) is 5.56 Å². The molecule has 6 nitrogen and oxygen atoms in total. The summed E-state index contributed by atoms with van der Waals surface area (Å²) < 4.78 is 12.7. The Hall–Kier alpha value is -2.50. The quantitative estimate of drug-likeness (QED) is 0.921. The minimum absolute atomic E-state index is 0.00418. The van der Waals surface area contributed by atoms with E-state index in [9.17, 15) is 4.79 Å². The van der Waals surface area contributed by atoms with E-state index in [1.807, 2.05) is 29.8 Å². The number of nitrogens with one attached hydrogen (secondary N) is 1. The molecule has 0 unspecified atom stereocenters. The van der Waals surface area contributed by atoms with Gasteiger partial charge in [-0.25, -0.2) is 0 Å². The number of amides is 1. The van der Waals surface area contributed by atoms with Crippen LogP contribution in [0.25, 0.3) is 11.3 Å². The third-order valence-electron chi connectivity index (χ3n) is 4.00. The maximum atomic E-state index is 11.8. The number of aryl methyl sites for hydroxylation is 2. The van der Waals surface area contributed by atoms with Gasteiger partial charge < -0.3 is 14.8 Å². The lowest BCUT2D eigenvalue weighted by molar-refractivity contribution is -0.116. The van der Waals surface area contributed by atoms with Gasteiger partial charge in [-0.3, -0.25) is 9.48 Å². The van der Waals surface area contributed by atoms with Crippen molar-refractivity contribution in [3.05, 3.63) is 23.8 Å². The first-order valence-corrected chi connectivity index (χ1v) is 7.79. The molecule has 0 saturated heterocycles. The standard InChI is InChI=1S/C17H21N3O3/c1-4-5-17(21)18-16-10-13-12-9-15(23-3)14(22-2)8-11(12)6-7-20(13)19-16/h8-10H,4-7H2,1-3H3,(H,18,19,21). The third-order valence-corrected chi connectivity index (χ3v) is 4.00. The van der Waals surface area contributed by atoms with E-state index in [2.05, 4.69) is 10.4 Å². The number of ether oxygens (including phenoxy) is 2. The van der Waals surface area contributed by atoms with Crippen LogP contribution in [-0.4, -0.2) is 29.9 Å². The van der Waals surface area contributed by atoms with E-state index in [0.29, 0.717) is 18.0 Å². The Morgan fingerprint density at radius 3 is 2.70 bits per heavy atom. The second kappa shape index (κ2) is 6.32. The molecule has 0 saturated carbocycles. The fourth-order valence-electron chi connectivity index (χ4n) is 2.89. The molecule has 23 heavy (non-hydrogen) atoms. The number of anilines is 1. The molecule has 2 heterocycles. The van der Waals surface area contributed by atoms with E-state index in [-0.39, 0.29) is 5.91 Å². The first kappa shape index (κ1) is 15.4. The Balaban J connectivity index is 1.97. The van der Waals surface area contributed by atoms with Crippen LogP contribution in [-0.2, 0) is 17.8 Å². The SMILES string of the molecule is CCCC(=O)Nc1cc2n(n1)CCc1cc(OC)c(OC)cc1-2. The molecule has 1 amide bonds. The molecule has 2 aromatic rings. The molecular weight excluding hydrogens is 294 g/mol. The lowest BCUT2D eigenvalue weighted by Gasteiger charge is -2.20. The van der Waals surface area contributed by atoms with Gasteiger partial charge in [0.2, 0.25) is 5.91 Å². The van der Waals surface area contributed by atoms with Gasteiger partial charge in [-0.1, -0.05) is 6.92 Å². The summed E-state index contributed by atoms with van der Waals surface area (Å²) in [4.78, 5) is 11.8. The Bertz CT molecular complexity index is 737. The van der Waals surface area contributed by atoms with Crippen molar-refractivity contribution in [3.63, 3.8) is 0 Å². The van der Waals surface area contributed by atoms with Crippen molar-refractivity contribution in [2.75, 3.05) is 19.5 Å². The molecule has 1 aliphatic heterocycles. The van der Waals surface area contributed by atoms with E-state index in [0.717, 1.165) is 36.4 Å². The Morgan fingerprint density at radius 1 is 1.26 bits per heavy atom. The van der Waals surface area contributed by atoms with Crippen LogP contribution >= 0.6 is 0 Å². The van der Waals surface area contributed by atoms with E-state index in [1.54, 1.807) is 14.2 Å². The molecule has 0 spiro atoms. The Morgan fingerprint density at radius 2 is 2.00 bits per heavy atom. The number of benzene rings is 1. The van der Waals surface area contributed by atoms with Crippen molar-refractivity contribution in [2.24, 2.45) is 0 Å². The average Bonchev–Trinajstić information content (AvgIpc) is 2.96. The van der Waals surface area contributed by atoms with Crippen LogP contribution < -0.4 is 14.8 Å². The number of carbonyl (C=O) groups excluding carboxylic acids is 1. The van der Waals surface area contributed by atoms with Crippen LogP contribution in [0.4, 0.5) is 5.82 Å². The van der Waals surface area contributed by atoms with Crippen LogP contribution in [0.5, 0.6) is 11.5 Å². The van der Waals surface area contributed by atoms with Crippen LogP contribution in [0.15, 0.2) is 18.2 Å². The predicted octanol–water partition coefficient (Wildman–Crippen LogP) is 2.86. The highest BCUT2D eigenvalue weighted by atomic mass is 16.5. The van der Waals surface area contributed by atoms with Crippen molar-refractivity contribution in [2.45, 2.75) is 32.7 Å². The zero-order valence-corrected chi connectivity index (χ0v) is 13.7. The molecule has 0 aliphatic carbocycles. The van der Waals surface area contributed by atoms with E-state index < -0.39 is 0 Å². The fourth-order valence-corrected chi connectivity index (χ4v) is 2.89. The first-order valence-electron chi connectivity index (χ1n) is 7.79. The molecule has 6 heteroatoms. The molecule has 1 aromatic heterocycles. The number of fused-ring (bicyclic) bond motifs is 3. The van der Waals surface area contributed by atoms with Gasteiger partial charge in [0.15, 0.2) is 17.3 Å². The van der Waals surface area contributed by atoms with Gasteiger partial charge in [-0.15, -0.1) is 0 Å². The molecule has 0 fully saturated rings. The molecule has 0 radical (unpaired) electrons. The molecular formula is C17H21N3O3. The lowest BCUT2D eigenvalue weighted by atomic mass is 9.98. The first-order chi connectivity index (χ1) is 11.2. The van der Waals surface area contributed by atoms with Crippen molar-refractivity contribution < 1.29 is 14.3 Å². The second-order valence-corrected chi connectivity index (χ2v) is 5.55. The Kier molecular flexibility index (Phi) is 4.23. The Labute approximate surface area is 135 Å². The van der Waals surface area contributed by atoms with Gasteiger partial charge in [0.25, 0.3) is 0 Å². The highest BCUT2D eigenvalue weighted by Gasteiger charge is 2.21. The van der Waals surface area contributed by atoms with Crippen molar-refractivity contribution in [1.82, 2.24) is 9.78 Å². The summed E-state index contributed by atoms with van der Waals surface area (Å²) in [5.74, 6) is 2.02. The van der Waals surface area contributed by atoms with Gasteiger partial charge in [0.05, 0.1) is 19.9 Å². The number of rotatable bonds is 5. The van der Waals surface area contributed by atoms with Gasteiger partial charge in [-0.2, -0.15) is 5.10 Å². The number of carbonyl (C=O) groups is 1. The molecule has 3 rings (SSSR count). The number of methoxy groups -OCH3 is 2. The summed E-state index contributed by atoms with van der Waals surface area (Å²) in [5, 5.41) is 7.34. The molecule has 122 valence electrons. The van der Waals surface area contributed by atoms with Crippen LogP contribution in [0.1, 0.15) is 25.3 Å². The highest BCUT2D eigenvalue weighted by Crippen LogP contribution is 2.39. The van der Waals surface area contributed by atoms with Crippen LogP contribution in [0, 0.1) is 0 Å². The monoisotopic (exact) mass is 315 g/mol. The van der Waals surface area contributed by atoms with Crippen molar-refractivity contribution >= 4 is 11.7 Å². The van der Waals surface area contributed by atoms with Crippen molar-refractivity contribution in [3.8, 4) is 22.8 Å². The van der Waals surface area contributed by atoms with E-state index >= 15 is 0 Å². The zero-order valence-electron chi connectivity index (χ0n) is 13.7. The van der Waals surface area contributed by atoms with Crippen LogP contribution in [0.3, 0.4) is 0 Å². The molecule has 1 aliphatic rings. The highest BCUT2D eigenvalue weighted by molar-refractivity contribution is 5.90. The largest absolute Gasteiger partial charge is 0.493 e. The summed E-state index contributed by atoms with van der Waals surface area (Å²) in [6.45, 7) is 2.76. The molecule has 1 N–H and O–H groups in total. The van der Waals surface area contributed by atoms with E-state index in [4.69, 9.17) is 9.47 Å². The predicted molar refractivity (Wildman–Crippen MR) is 88.0 cm³/mol. The summed E-state index contributed by atoms with van der Waals surface area (Å²) in [6.07, 6.45) is 2.19. The minimum atomic E-state index is -0.00418. The molecule has 0 atom stereocenters. The summed E-state index contributed by atoms with van der Waals surface area (Å²) in [6, 6.07) is 5.90. The maximum Gasteiger partial charge on any atom is 0.225 e.